The Bertz CT molecular complexity index is 394. The highest BCUT2D eigenvalue weighted by Crippen LogP contribution is 2.30. The lowest BCUT2D eigenvalue weighted by molar-refractivity contribution is 0.388. The Morgan fingerprint density at radius 3 is 2.73 bits per heavy atom. The summed E-state index contributed by atoms with van der Waals surface area (Å²) in [6.45, 7) is 0.638. The molecule has 0 saturated heterocycles. The molecule has 1 aliphatic rings. The van der Waals surface area contributed by atoms with E-state index in [2.05, 4.69) is 5.10 Å². The summed E-state index contributed by atoms with van der Waals surface area (Å²) < 4.78 is 5.27. The van der Waals surface area contributed by atoms with Gasteiger partial charge in [0.25, 0.3) is 0 Å². The van der Waals surface area contributed by atoms with Crippen molar-refractivity contribution in [1.82, 2.24) is 5.01 Å². The highest BCUT2D eigenvalue weighted by atomic mass is 35.5. The monoisotopic (exact) mass is 225 g/mol. The quantitative estimate of drug-likeness (QED) is 0.720. The van der Waals surface area contributed by atoms with Crippen molar-refractivity contribution in [2.45, 2.75) is 0 Å². The number of rotatable bonds is 2. The first-order valence-corrected chi connectivity index (χ1v) is 4.96. The standard InChI is InChI=1S/C10H12ClN3O/c1-13-7-14(10(11)12-13)8-5-3-4-6-9(8)15-2/h3-6H,7H2,1-2H3. The van der Waals surface area contributed by atoms with E-state index in [1.807, 2.05) is 36.2 Å². The number of para-hydroxylation sites is 2. The Hall–Kier alpha value is -1.42. The molecule has 0 amide bonds. The first kappa shape index (κ1) is 10.1. The molecule has 0 fully saturated rings. The van der Waals surface area contributed by atoms with E-state index in [1.54, 1.807) is 12.1 Å². The number of hydrogen-bond acceptors (Lipinski definition) is 4. The lowest BCUT2D eigenvalue weighted by Crippen LogP contribution is -2.27. The van der Waals surface area contributed by atoms with E-state index in [-0.39, 0.29) is 0 Å². The molecule has 1 heterocycles. The molecule has 0 aliphatic carbocycles. The summed E-state index contributed by atoms with van der Waals surface area (Å²) >= 11 is 6.02. The number of halogens is 1. The van der Waals surface area contributed by atoms with E-state index < -0.39 is 0 Å². The van der Waals surface area contributed by atoms with Gasteiger partial charge < -0.3 is 4.74 Å². The Balaban J connectivity index is 2.34. The molecule has 2 rings (SSSR count). The van der Waals surface area contributed by atoms with Crippen molar-refractivity contribution in [2.24, 2.45) is 5.10 Å². The summed E-state index contributed by atoms with van der Waals surface area (Å²) in [5, 5.41) is 6.34. The minimum atomic E-state index is 0.460. The molecule has 1 aromatic carbocycles. The highest BCUT2D eigenvalue weighted by molar-refractivity contribution is 6.68. The first-order valence-electron chi connectivity index (χ1n) is 4.58. The minimum absolute atomic E-state index is 0.460. The molecule has 0 aromatic heterocycles. The van der Waals surface area contributed by atoms with Crippen LogP contribution in [0.25, 0.3) is 0 Å². The zero-order valence-corrected chi connectivity index (χ0v) is 9.40. The van der Waals surface area contributed by atoms with Gasteiger partial charge in [0.2, 0.25) is 5.29 Å². The first-order chi connectivity index (χ1) is 7.22. The molecule has 0 spiro atoms. The molecule has 0 N–H and O–H groups in total. The van der Waals surface area contributed by atoms with Gasteiger partial charge in [-0.3, -0.25) is 9.91 Å². The number of nitrogens with zero attached hydrogens (tertiary/aromatic N) is 3. The van der Waals surface area contributed by atoms with Crippen LogP contribution < -0.4 is 9.64 Å². The van der Waals surface area contributed by atoms with Crippen LogP contribution >= 0.6 is 11.6 Å². The largest absolute Gasteiger partial charge is 0.495 e. The molecular weight excluding hydrogens is 214 g/mol. The predicted molar refractivity (Wildman–Crippen MR) is 61.4 cm³/mol. The summed E-state index contributed by atoms with van der Waals surface area (Å²) in [6.07, 6.45) is 0. The second-order valence-corrected chi connectivity index (χ2v) is 3.61. The van der Waals surface area contributed by atoms with Gasteiger partial charge in [-0.2, -0.15) is 0 Å². The Kier molecular flexibility index (Phi) is 2.68. The van der Waals surface area contributed by atoms with Crippen molar-refractivity contribution in [1.29, 1.82) is 0 Å². The molecule has 1 aromatic rings. The molecule has 1 aliphatic heterocycles. The van der Waals surface area contributed by atoms with Crippen molar-refractivity contribution >= 4 is 22.6 Å². The number of amidine groups is 1. The Labute approximate surface area is 93.7 Å². The van der Waals surface area contributed by atoms with Crippen LogP contribution in [-0.4, -0.2) is 31.1 Å². The van der Waals surface area contributed by atoms with E-state index in [9.17, 15) is 0 Å². The van der Waals surface area contributed by atoms with Gasteiger partial charge in [0, 0.05) is 7.05 Å². The van der Waals surface area contributed by atoms with Crippen LogP contribution in [0.4, 0.5) is 5.69 Å². The van der Waals surface area contributed by atoms with Crippen LogP contribution in [0, 0.1) is 0 Å². The Morgan fingerprint density at radius 2 is 2.13 bits per heavy atom. The molecule has 4 nitrogen and oxygen atoms in total. The van der Waals surface area contributed by atoms with Crippen molar-refractivity contribution in [3.63, 3.8) is 0 Å². The molecule has 0 saturated carbocycles. The molecule has 0 unspecified atom stereocenters. The summed E-state index contributed by atoms with van der Waals surface area (Å²) in [7, 11) is 3.52. The summed E-state index contributed by atoms with van der Waals surface area (Å²) in [6, 6.07) is 7.72. The van der Waals surface area contributed by atoms with Gasteiger partial charge >= 0.3 is 0 Å². The van der Waals surface area contributed by atoms with E-state index >= 15 is 0 Å². The fourth-order valence-electron chi connectivity index (χ4n) is 1.52. The Morgan fingerprint density at radius 1 is 1.40 bits per heavy atom. The second-order valence-electron chi connectivity index (χ2n) is 3.27. The van der Waals surface area contributed by atoms with Gasteiger partial charge in [-0.1, -0.05) is 12.1 Å². The van der Waals surface area contributed by atoms with Crippen LogP contribution in [0.5, 0.6) is 5.75 Å². The van der Waals surface area contributed by atoms with Gasteiger partial charge in [0.15, 0.2) is 0 Å². The lowest BCUT2D eigenvalue weighted by Gasteiger charge is -2.19. The van der Waals surface area contributed by atoms with Gasteiger partial charge in [-0.05, 0) is 23.7 Å². The molecule has 0 atom stereocenters. The number of benzene rings is 1. The lowest BCUT2D eigenvalue weighted by atomic mass is 10.3. The van der Waals surface area contributed by atoms with Crippen molar-refractivity contribution in [3.8, 4) is 5.75 Å². The summed E-state index contributed by atoms with van der Waals surface area (Å²) in [4.78, 5) is 1.89. The highest BCUT2D eigenvalue weighted by Gasteiger charge is 2.22. The molecule has 80 valence electrons. The number of methoxy groups -OCH3 is 1. The molecule has 0 radical (unpaired) electrons. The maximum Gasteiger partial charge on any atom is 0.223 e. The van der Waals surface area contributed by atoms with E-state index in [4.69, 9.17) is 16.3 Å². The summed E-state index contributed by atoms with van der Waals surface area (Å²) in [5.74, 6) is 0.793. The minimum Gasteiger partial charge on any atom is -0.495 e. The smallest absolute Gasteiger partial charge is 0.223 e. The SMILES string of the molecule is COc1ccccc1N1CN(C)N=C1Cl. The van der Waals surface area contributed by atoms with Gasteiger partial charge in [-0.15, -0.1) is 5.10 Å². The molecule has 5 heteroatoms. The van der Waals surface area contributed by atoms with Crippen LogP contribution in [0.2, 0.25) is 0 Å². The third-order valence-electron chi connectivity index (χ3n) is 2.20. The maximum atomic E-state index is 6.02. The fourth-order valence-corrected chi connectivity index (χ4v) is 1.79. The number of hydrogen-bond donors (Lipinski definition) is 0. The molecular formula is C10H12ClN3O. The van der Waals surface area contributed by atoms with Crippen LogP contribution in [0.15, 0.2) is 29.4 Å². The number of ether oxygens (including phenoxy) is 1. The number of hydrazone groups is 1. The van der Waals surface area contributed by atoms with Crippen molar-refractivity contribution < 1.29 is 4.74 Å². The third kappa shape index (κ3) is 1.85. The average molecular weight is 226 g/mol. The van der Waals surface area contributed by atoms with Crippen LogP contribution in [0.3, 0.4) is 0 Å². The van der Waals surface area contributed by atoms with Crippen LogP contribution in [0.1, 0.15) is 0 Å². The van der Waals surface area contributed by atoms with Gasteiger partial charge in [-0.25, -0.2) is 0 Å². The van der Waals surface area contributed by atoms with Gasteiger partial charge in [0.05, 0.1) is 12.8 Å². The van der Waals surface area contributed by atoms with E-state index in [0.29, 0.717) is 12.0 Å². The maximum absolute atomic E-state index is 6.02. The zero-order chi connectivity index (χ0) is 10.8. The van der Waals surface area contributed by atoms with E-state index in [0.717, 1.165) is 11.4 Å². The van der Waals surface area contributed by atoms with Gasteiger partial charge in [0.1, 0.15) is 12.4 Å². The average Bonchev–Trinajstić information content (AvgIpc) is 2.57. The van der Waals surface area contributed by atoms with Crippen molar-refractivity contribution in [3.05, 3.63) is 24.3 Å². The fraction of sp³-hybridized carbons (Fsp3) is 0.300. The topological polar surface area (TPSA) is 28.1 Å². The zero-order valence-electron chi connectivity index (χ0n) is 8.64. The normalized spacial score (nSPS) is 15.5. The molecule has 0 bridgehead atoms. The predicted octanol–water partition coefficient (Wildman–Crippen LogP) is 1.91. The van der Waals surface area contributed by atoms with Crippen molar-refractivity contribution in [2.75, 3.05) is 25.7 Å². The number of anilines is 1. The molecule has 15 heavy (non-hydrogen) atoms. The second kappa shape index (κ2) is 3.98. The third-order valence-corrected chi connectivity index (χ3v) is 2.48. The summed E-state index contributed by atoms with van der Waals surface area (Å²) in [5.41, 5.74) is 0.929. The van der Waals surface area contributed by atoms with Crippen LogP contribution in [-0.2, 0) is 0 Å². The van der Waals surface area contributed by atoms with E-state index in [1.165, 1.54) is 0 Å².